The molecule has 3 aromatic rings. The van der Waals surface area contributed by atoms with Gasteiger partial charge in [-0.3, -0.25) is 10.1 Å². The van der Waals surface area contributed by atoms with Gasteiger partial charge in [0.15, 0.2) is 17.2 Å². The Balaban J connectivity index is 1.54. The lowest BCUT2D eigenvalue weighted by atomic mass is 10.1. The number of benzene rings is 3. The zero-order chi connectivity index (χ0) is 23.4. The Labute approximate surface area is 189 Å². The van der Waals surface area contributed by atoms with Crippen LogP contribution in [0.15, 0.2) is 77.4 Å². The summed E-state index contributed by atoms with van der Waals surface area (Å²) in [6, 6.07) is 18.9. The first-order valence-electron chi connectivity index (χ1n) is 10.1. The van der Waals surface area contributed by atoms with E-state index in [4.69, 9.17) is 14.2 Å². The van der Waals surface area contributed by atoms with Gasteiger partial charge in [-0.15, -0.1) is 0 Å². The Kier molecular flexibility index (Phi) is 6.17. The first-order valence-corrected chi connectivity index (χ1v) is 10.1. The predicted octanol–water partition coefficient (Wildman–Crippen LogP) is 4.84. The largest absolute Gasteiger partial charge is 0.493 e. The van der Waals surface area contributed by atoms with Crippen molar-refractivity contribution in [2.45, 2.75) is 13.5 Å². The molecule has 0 bridgehead atoms. The number of non-ortho nitro benzene ring substituents is 1. The van der Waals surface area contributed by atoms with E-state index >= 15 is 0 Å². The molecular formula is C25H20N2O6. The molecular weight excluding hydrogens is 424 g/mol. The predicted molar refractivity (Wildman–Crippen MR) is 122 cm³/mol. The van der Waals surface area contributed by atoms with Gasteiger partial charge in [-0.1, -0.05) is 36.4 Å². The van der Waals surface area contributed by atoms with Gasteiger partial charge in [-0.2, -0.15) is 0 Å². The molecule has 0 saturated carbocycles. The number of carbonyl (C=O) groups excluding carboxylic acids is 1. The fraction of sp³-hybridized carbons (Fsp3) is 0.120. The molecule has 0 N–H and O–H groups in total. The number of aryl methyl sites for hydroxylation is 1. The Bertz CT molecular complexity index is 1300. The van der Waals surface area contributed by atoms with E-state index in [9.17, 15) is 14.9 Å². The second kappa shape index (κ2) is 9.35. The van der Waals surface area contributed by atoms with E-state index < -0.39 is 10.9 Å². The highest BCUT2D eigenvalue weighted by Crippen LogP contribution is 2.31. The van der Waals surface area contributed by atoms with Crippen molar-refractivity contribution >= 4 is 23.6 Å². The summed E-state index contributed by atoms with van der Waals surface area (Å²) in [7, 11) is 1.50. The molecule has 0 radical (unpaired) electrons. The van der Waals surface area contributed by atoms with Crippen LogP contribution in [0, 0.1) is 17.0 Å². The first-order chi connectivity index (χ1) is 15.9. The standard InChI is InChI=1S/C25H20N2O6/c1-16-6-3-4-9-20(16)24-26-21(25(28)33-24)13-17-10-11-22(23(14-17)31-2)32-15-18-7-5-8-19(12-18)27(29)30/h3-14H,15H2,1-2H3/b21-13-. The minimum atomic E-state index is -0.529. The molecule has 0 atom stereocenters. The highest BCUT2D eigenvalue weighted by molar-refractivity contribution is 6.13. The Morgan fingerprint density at radius 3 is 2.64 bits per heavy atom. The quantitative estimate of drug-likeness (QED) is 0.224. The van der Waals surface area contributed by atoms with Crippen molar-refractivity contribution in [3.8, 4) is 11.5 Å². The van der Waals surface area contributed by atoms with Gasteiger partial charge in [0.2, 0.25) is 5.90 Å². The number of methoxy groups -OCH3 is 1. The summed E-state index contributed by atoms with van der Waals surface area (Å²) in [6.45, 7) is 2.06. The van der Waals surface area contributed by atoms with E-state index in [1.165, 1.54) is 19.2 Å². The smallest absolute Gasteiger partial charge is 0.363 e. The van der Waals surface area contributed by atoms with Crippen LogP contribution in [0.4, 0.5) is 5.69 Å². The van der Waals surface area contributed by atoms with Crippen LogP contribution in [-0.4, -0.2) is 23.9 Å². The average molecular weight is 444 g/mol. The minimum Gasteiger partial charge on any atom is -0.493 e. The van der Waals surface area contributed by atoms with Crippen LogP contribution in [0.1, 0.15) is 22.3 Å². The molecule has 1 aliphatic heterocycles. The number of esters is 1. The normalized spacial score (nSPS) is 14.1. The van der Waals surface area contributed by atoms with Crippen molar-refractivity contribution in [3.63, 3.8) is 0 Å². The molecule has 3 aromatic carbocycles. The van der Waals surface area contributed by atoms with Crippen LogP contribution < -0.4 is 9.47 Å². The lowest BCUT2D eigenvalue weighted by Crippen LogP contribution is -2.06. The maximum Gasteiger partial charge on any atom is 0.363 e. The minimum absolute atomic E-state index is 0.000826. The van der Waals surface area contributed by atoms with Crippen molar-refractivity contribution < 1.29 is 23.9 Å². The van der Waals surface area contributed by atoms with E-state index in [-0.39, 0.29) is 23.9 Å². The number of hydrogen-bond acceptors (Lipinski definition) is 7. The molecule has 0 saturated heterocycles. The van der Waals surface area contributed by atoms with Crippen LogP contribution in [0.5, 0.6) is 11.5 Å². The van der Waals surface area contributed by atoms with E-state index in [1.807, 2.05) is 31.2 Å². The maximum absolute atomic E-state index is 12.3. The molecule has 8 heteroatoms. The second-order valence-corrected chi connectivity index (χ2v) is 7.28. The molecule has 0 spiro atoms. The number of carbonyl (C=O) groups is 1. The van der Waals surface area contributed by atoms with E-state index in [2.05, 4.69) is 4.99 Å². The first kappa shape index (κ1) is 21.8. The van der Waals surface area contributed by atoms with Gasteiger partial charge in [0.05, 0.1) is 12.0 Å². The third kappa shape index (κ3) is 4.90. The van der Waals surface area contributed by atoms with Crippen molar-refractivity contribution in [3.05, 3.63) is 105 Å². The van der Waals surface area contributed by atoms with Crippen molar-refractivity contribution in [2.75, 3.05) is 7.11 Å². The van der Waals surface area contributed by atoms with Crippen LogP contribution in [-0.2, 0) is 16.1 Å². The van der Waals surface area contributed by atoms with E-state index in [0.717, 1.165) is 11.1 Å². The number of ether oxygens (including phenoxy) is 3. The molecule has 0 unspecified atom stereocenters. The molecule has 8 nitrogen and oxygen atoms in total. The topological polar surface area (TPSA) is 100 Å². The van der Waals surface area contributed by atoms with E-state index in [1.54, 1.807) is 36.4 Å². The summed E-state index contributed by atoms with van der Waals surface area (Å²) in [6.07, 6.45) is 1.61. The zero-order valence-corrected chi connectivity index (χ0v) is 18.0. The lowest BCUT2D eigenvalue weighted by Gasteiger charge is -2.11. The summed E-state index contributed by atoms with van der Waals surface area (Å²) >= 11 is 0. The maximum atomic E-state index is 12.3. The Morgan fingerprint density at radius 2 is 1.88 bits per heavy atom. The fourth-order valence-electron chi connectivity index (χ4n) is 3.31. The number of aliphatic imine (C=N–C) groups is 1. The summed E-state index contributed by atoms with van der Waals surface area (Å²) in [5, 5.41) is 10.9. The van der Waals surface area contributed by atoms with Gasteiger partial charge >= 0.3 is 5.97 Å². The SMILES string of the molecule is COc1cc(/C=C2\N=C(c3ccccc3C)OC2=O)ccc1OCc1cccc([N+](=O)[O-])c1. The van der Waals surface area contributed by atoms with Crippen LogP contribution in [0.25, 0.3) is 6.08 Å². The Morgan fingerprint density at radius 1 is 1.06 bits per heavy atom. The third-order valence-electron chi connectivity index (χ3n) is 5.00. The summed E-state index contributed by atoms with van der Waals surface area (Å²) in [4.78, 5) is 27.2. The number of hydrogen-bond donors (Lipinski definition) is 0. The molecule has 33 heavy (non-hydrogen) atoms. The molecule has 0 fully saturated rings. The number of nitrogens with zero attached hydrogens (tertiary/aromatic N) is 2. The Hall–Kier alpha value is -4.46. The third-order valence-corrected chi connectivity index (χ3v) is 5.00. The molecule has 0 aliphatic carbocycles. The van der Waals surface area contributed by atoms with Gasteiger partial charge < -0.3 is 14.2 Å². The van der Waals surface area contributed by atoms with Gasteiger partial charge in [0.1, 0.15) is 6.61 Å². The van der Waals surface area contributed by atoms with Crippen LogP contribution in [0.3, 0.4) is 0 Å². The monoisotopic (exact) mass is 444 g/mol. The second-order valence-electron chi connectivity index (χ2n) is 7.28. The van der Waals surface area contributed by atoms with Crippen molar-refractivity contribution in [1.29, 1.82) is 0 Å². The summed E-state index contributed by atoms with van der Waals surface area (Å²) < 4.78 is 16.6. The molecule has 4 rings (SSSR count). The van der Waals surface area contributed by atoms with Crippen molar-refractivity contribution in [2.24, 2.45) is 4.99 Å². The number of nitro groups is 1. The molecule has 166 valence electrons. The highest BCUT2D eigenvalue weighted by Gasteiger charge is 2.25. The number of cyclic esters (lactones) is 1. The number of rotatable bonds is 7. The van der Waals surface area contributed by atoms with Gasteiger partial charge in [-0.25, -0.2) is 9.79 Å². The molecule has 1 heterocycles. The van der Waals surface area contributed by atoms with Gasteiger partial charge in [0, 0.05) is 17.7 Å². The fourth-order valence-corrected chi connectivity index (χ4v) is 3.31. The van der Waals surface area contributed by atoms with Crippen molar-refractivity contribution in [1.82, 2.24) is 0 Å². The average Bonchev–Trinajstić information content (AvgIpc) is 3.18. The van der Waals surface area contributed by atoms with Gasteiger partial charge in [0.25, 0.3) is 5.69 Å². The molecule has 1 aliphatic rings. The highest BCUT2D eigenvalue weighted by atomic mass is 16.6. The molecule has 0 aromatic heterocycles. The number of nitro benzene ring substituents is 1. The zero-order valence-electron chi connectivity index (χ0n) is 18.0. The molecule has 0 amide bonds. The van der Waals surface area contributed by atoms with Crippen LogP contribution in [0.2, 0.25) is 0 Å². The lowest BCUT2D eigenvalue weighted by molar-refractivity contribution is -0.384. The summed E-state index contributed by atoms with van der Waals surface area (Å²) in [5.41, 5.74) is 3.23. The van der Waals surface area contributed by atoms with Crippen LogP contribution >= 0.6 is 0 Å². The van der Waals surface area contributed by atoms with E-state index in [0.29, 0.717) is 22.6 Å². The summed E-state index contributed by atoms with van der Waals surface area (Å²) in [5.74, 6) is 0.653. The van der Waals surface area contributed by atoms with Gasteiger partial charge in [-0.05, 0) is 47.9 Å².